The highest BCUT2D eigenvalue weighted by molar-refractivity contribution is 5.79. The predicted molar refractivity (Wildman–Crippen MR) is 104 cm³/mol. The average Bonchev–Trinajstić information content (AvgIpc) is 3.22. The molecular weight excluding hydrogens is 342 g/mol. The molecule has 6 nitrogen and oxygen atoms in total. The van der Waals surface area contributed by atoms with Gasteiger partial charge in [-0.1, -0.05) is 24.3 Å². The van der Waals surface area contributed by atoms with Gasteiger partial charge in [0.15, 0.2) is 0 Å². The van der Waals surface area contributed by atoms with E-state index in [2.05, 4.69) is 0 Å². The van der Waals surface area contributed by atoms with Gasteiger partial charge in [0.1, 0.15) is 0 Å². The third-order valence-corrected chi connectivity index (χ3v) is 4.73. The molecule has 0 saturated heterocycles. The minimum Gasteiger partial charge on any atom is -0.339 e. The molecule has 0 aliphatic carbocycles. The molecule has 3 rings (SSSR count). The molecule has 1 atom stereocenters. The van der Waals surface area contributed by atoms with Crippen LogP contribution < -0.4 is 0 Å². The highest BCUT2D eigenvalue weighted by Gasteiger charge is 2.19. The van der Waals surface area contributed by atoms with Gasteiger partial charge in [-0.2, -0.15) is 0 Å². The topological polar surface area (TPSA) is 68.4 Å². The number of likely N-dealkylation sites (N-methyl/N-ethyl adjacent to an activating group) is 1. The van der Waals surface area contributed by atoms with Crippen LogP contribution in [0.4, 0.5) is 5.69 Å². The summed E-state index contributed by atoms with van der Waals surface area (Å²) in [6.45, 7) is 1.87. The second-order valence-electron chi connectivity index (χ2n) is 6.47. The molecule has 0 saturated carbocycles. The van der Waals surface area contributed by atoms with Crippen LogP contribution in [0.1, 0.15) is 24.1 Å². The SMILES string of the molecule is C[C@H](c1cccc([N+](=O)[O-])c1)N(C)C(=O)Cc1ccc(-n2cccc2)cc1. The molecule has 0 fully saturated rings. The van der Waals surface area contributed by atoms with Crippen molar-refractivity contribution in [2.24, 2.45) is 0 Å². The third-order valence-electron chi connectivity index (χ3n) is 4.73. The largest absolute Gasteiger partial charge is 0.339 e. The first-order chi connectivity index (χ1) is 13.0. The molecule has 0 spiro atoms. The first kappa shape index (κ1) is 18.4. The Morgan fingerprint density at radius 2 is 1.78 bits per heavy atom. The van der Waals surface area contributed by atoms with Crippen LogP contribution in [0.15, 0.2) is 73.1 Å². The number of benzene rings is 2. The van der Waals surface area contributed by atoms with Crippen molar-refractivity contribution in [3.63, 3.8) is 0 Å². The smallest absolute Gasteiger partial charge is 0.269 e. The van der Waals surface area contributed by atoms with E-state index in [9.17, 15) is 14.9 Å². The van der Waals surface area contributed by atoms with E-state index < -0.39 is 4.92 Å². The lowest BCUT2D eigenvalue weighted by molar-refractivity contribution is -0.384. The predicted octanol–water partition coefficient (Wildman–Crippen LogP) is 4.15. The molecule has 1 aromatic heterocycles. The van der Waals surface area contributed by atoms with E-state index in [1.54, 1.807) is 24.1 Å². The summed E-state index contributed by atoms with van der Waals surface area (Å²) in [7, 11) is 1.72. The summed E-state index contributed by atoms with van der Waals surface area (Å²) < 4.78 is 2.00. The maximum absolute atomic E-state index is 12.6. The van der Waals surface area contributed by atoms with Gasteiger partial charge in [0.05, 0.1) is 17.4 Å². The number of carbonyl (C=O) groups excluding carboxylic acids is 1. The van der Waals surface area contributed by atoms with Crippen LogP contribution in [-0.4, -0.2) is 27.3 Å². The number of carbonyl (C=O) groups is 1. The standard InChI is InChI=1S/C21H21N3O3/c1-16(18-6-5-7-20(15-18)24(26)27)22(2)21(25)14-17-8-10-19(11-9-17)23-12-3-4-13-23/h3-13,15-16H,14H2,1-2H3/t16-/m1/s1. The first-order valence-corrected chi connectivity index (χ1v) is 8.68. The molecular formula is C21H21N3O3. The summed E-state index contributed by atoms with van der Waals surface area (Å²) in [4.78, 5) is 24.8. The number of aromatic nitrogens is 1. The van der Waals surface area contributed by atoms with Crippen molar-refractivity contribution in [2.45, 2.75) is 19.4 Å². The van der Waals surface area contributed by atoms with Crippen LogP contribution in [0.3, 0.4) is 0 Å². The van der Waals surface area contributed by atoms with Crippen LogP contribution in [0, 0.1) is 10.1 Å². The molecule has 1 amide bonds. The van der Waals surface area contributed by atoms with E-state index in [0.717, 1.165) is 16.8 Å². The maximum atomic E-state index is 12.6. The van der Waals surface area contributed by atoms with E-state index in [0.29, 0.717) is 0 Å². The van der Waals surface area contributed by atoms with Crippen molar-refractivity contribution in [1.29, 1.82) is 0 Å². The summed E-state index contributed by atoms with van der Waals surface area (Å²) >= 11 is 0. The molecule has 138 valence electrons. The van der Waals surface area contributed by atoms with E-state index in [1.165, 1.54) is 12.1 Å². The summed E-state index contributed by atoms with van der Waals surface area (Å²) in [5, 5.41) is 11.0. The number of hydrogen-bond acceptors (Lipinski definition) is 3. The van der Waals surface area contributed by atoms with Gasteiger partial charge in [0, 0.05) is 37.3 Å². The fraction of sp³-hybridized carbons (Fsp3) is 0.190. The molecule has 3 aromatic rings. The van der Waals surface area contributed by atoms with Crippen molar-refractivity contribution in [1.82, 2.24) is 9.47 Å². The van der Waals surface area contributed by atoms with Gasteiger partial charge >= 0.3 is 0 Å². The monoisotopic (exact) mass is 363 g/mol. The Bertz CT molecular complexity index is 934. The van der Waals surface area contributed by atoms with Gasteiger partial charge in [-0.3, -0.25) is 14.9 Å². The second kappa shape index (κ2) is 7.86. The fourth-order valence-corrected chi connectivity index (χ4v) is 2.93. The van der Waals surface area contributed by atoms with Crippen LogP contribution >= 0.6 is 0 Å². The zero-order valence-electron chi connectivity index (χ0n) is 15.3. The molecule has 0 unspecified atom stereocenters. The van der Waals surface area contributed by atoms with E-state index >= 15 is 0 Å². The summed E-state index contributed by atoms with van der Waals surface area (Å²) in [5.41, 5.74) is 2.73. The lowest BCUT2D eigenvalue weighted by Gasteiger charge is -2.25. The first-order valence-electron chi connectivity index (χ1n) is 8.68. The molecule has 0 bridgehead atoms. The Balaban J connectivity index is 1.68. The highest BCUT2D eigenvalue weighted by atomic mass is 16.6. The van der Waals surface area contributed by atoms with Crippen LogP contribution in [-0.2, 0) is 11.2 Å². The number of hydrogen-bond donors (Lipinski definition) is 0. The number of amides is 1. The number of nitrogens with zero attached hydrogens (tertiary/aromatic N) is 3. The Hall–Kier alpha value is -3.41. The fourth-order valence-electron chi connectivity index (χ4n) is 2.93. The van der Waals surface area contributed by atoms with Gasteiger partial charge in [0.25, 0.3) is 5.69 Å². The van der Waals surface area contributed by atoms with Gasteiger partial charge in [-0.05, 0) is 42.3 Å². The second-order valence-corrected chi connectivity index (χ2v) is 6.47. The molecule has 2 aromatic carbocycles. The number of nitro groups is 1. The minimum absolute atomic E-state index is 0.0285. The summed E-state index contributed by atoms with van der Waals surface area (Å²) in [6.07, 6.45) is 4.21. The summed E-state index contributed by atoms with van der Waals surface area (Å²) in [6, 6.07) is 17.9. The van der Waals surface area contributed by atoms with Crippen molar-refractivity contribution in [2.75, 3.05) is 7.05 Å². The summed E-state index contributed by atoms with van der Waals surface area (Å²) in [5.74, 6) is -0.0391. The Labute approximate surface area is 157 Å². The zero-order chi connectivity index (χ0) is 19.4. The highest BCUT2D eigenvalue weighted by Crippen LogP contribution is 2.23. The van der Waals surface area contributed by atoms with Gasteiger partial charge in [-0.15, -0.1) is 0 Å². The Morgan fingerprint density at radius 3 is 2.41 bits per heavy atom. The lowest BCUT2D eigenvalue weighted by Crippen LogP contribution is -2.31. The van der Waals surface area contributed by atoms with Crippen molar-refractivity contribution in [3.05, 3.63) is 94.3 Å². The van der Waals surface area contributed by atoms with Gasteiger partial charge in [0.2, 0.25) is 5.91 Å². The average molecular weight is 363 g/mol. The molecule has 1 heterocycles. The Kier molecular flexibility index (Phi) is 5.35. The number of nitro benzene ring substituents is 1. The molecule has 6 heteroatoms. The van der Waals surface area contributed by atoms with Crippen molar-refractivity contribution >= 4 is 11.6 Å². The molecule has 0 radical (unpaired) electrons. The van der Waals surface area contributed by atoms with Crippen molar-refractivity contribution < 1.29 is 9.72 Å². The van der Waals surface area contributed by atoms with E-state index in [4.69, 9.17) is 0 Å². The lowest BCUT2D eigenvalue weighted by atomic mass is 10.1. The van der Waals surface area contributed by atoms with Gasteiger partial charge < -0.3 is 9.47 Å². The number of non-ortho nitro benzene ring substituents is 1. The third kappa shape index (κ3) is 4.23. The molecule has 0 aliphatic heterocycles. The normalized spacial score (nSPS) is 11.8. The van der Waals surface area contributed by atoms with Crippen molar-refractivity contribution in [3.8, 4) is 5.69 Å². The van der Waals surface area contributed by atoms with E-state index in [1.807, 2.05) is 60.3 Å². The number of rotatable bonds is 6. The Morgan fingerprint density at radius 1 is 1.11 bits per heavy atom. The van der Waals surface area contributed by atoms with Gasteiger partial charge in [-0.25, -0.2) is 0 Å². The molecule has 0 aliphatic rings. The van der Waals surface area contributed by atoms with E-state index in [-0.39, 0.29) is 24.1 Å². The quantitative estimate of drug-likeness (QED) is 0.488. The van der Waals surface area contributed by atoms with Crippen LogP contribution in [0.25, 0.3) is 5.69 Å². The van der Waals surface area contributed by atoms with Crippen LogP contribution in [0.2, 0.25) is 0 Å². The maximum Gasteiger partial charge on any atom is 0.269 e. The zero-order valence-corrected chi connectivity index (χ0v) is 15.3. The molecule has 0 N–H and O–H groups in total. The molecule has 27 heavy (non-hydrogen) atoms. The minimum atomic E-state index is -0.426. The van der Waals surface area contributed by atoms with Crippen LogP contribution in [0.5, 0.6) is 0 Å².